The van der Waals surface area contributed by atoms with Crippen molar-refractivity contribution in [3.63, 3.8) is 0 Å². The van der Waals surface area contributed by atoms with Crippen LogP contribution in [0, 0.1) is 11.8 Å². The molecule has 0 aromatic carbocycles. The van der Waals surface area contributed by atoms with E-state index in [0.717, 1.165) is 17.0 Å². The Bertz CT molecular complexity index is 508. The van der Waals surface area contributed by atoms with Crippen LogP contribution in [0.3, 0.4) is 0 Å². The molecule has 4 heteroatoms. The van der Waals surface area contributed by atoms with Crippen molar-refractivity contribution in [2.75, 3.05) is 12.0 Å². The molecular weight excluding hydrogens is 218 g/mol. The molecule has 2 aromatic rings. The Morgan fingerprint density at radius 3 is 3.12 bits per heavy atom. The first-order valence-corrected chi connectivity index (χ1v) is 6.22. The summed E-state index contributed by atoms with van der Waals surface area (Å²) in [6.45, 7) is 0. The summed E-state index contributed by atoms with van der Waals surface area (Å²) >= 11 is 1.71. The number of nitrogens with zero attached hydrogens (tertiary/aromatic N) is 3. The molecule has 16 heavy (non-hydrogen) atoms. The van der Waals surface area contributed by atoms with Gasteiger partial charge in [0.25, 0.3) is 0 Å². The third-order valence-electron chi connectivity index (χ3n) is 1.94. The fraction of sp³-hybridized carbons (Fsp3) is 0.167. The highest BCUT2D eigenvalue weighted by Crippen LogP contribution is 2.05. The molecule has 0 unspecified atom stereocenters. The highest BCUT2D eigenvalue weighted by molar-refractivity contribution is 7.98. The molecule has 0 N–H and O–H groups in total. The number of hydrogen-bond acceptors (Lipinski definition) is 3. The van der Waals surface area contributed by atoms with Crippen LogP contribution in [-0.4, -0.2) is 26.8 Å². The van der Waals surface area contributed by atoms with E-state index in [-0.39, 0.29) is 0 Å². The highest BCUT2D eigenvalue weighted by atomic mass is 32.2. The summed E-state index contributed by atoms with van der Waals surface area (Å²) in [5, 5.41) is 4.23. The standard InChI is InChI=1S/C12H11N3S/c1-16-7-3-4-11-8-14-15(10-11)12-5-2-6-13-9-12/h2,5-6,8-10H,7H2,1H3. The molecule has 80 valence electrons. The molecule has 0 atom stereocenters. The summed E-state index contributed by atoms with van der Waals surface area (Å²) in [5.74, 6) is 6.97. The van der Waals surface area contributed by atoms with E-state index in [9.17, 15) is 0 Å². The van der Waals surface area contributed by atoms with E-state index in [4.69, 9.17) is 0 Å². The predicted molar refractivity (Wildman–Crippen MR) is 66.6 cm³/mol. The molecule has 0 saturated carbocycles. The quantitative estimate of drug-likeness (QED) is 0.738. The first kappa shape index (κ1) is 10.8. The van der Waals surface area contributed by atoms with E-state index in [1.54, 1.807) is 35.0 Å². The Morgan fingerprint density at radius 1 is 1.44 bits per heavy atom. The molecule has 0 aliphatic rings. The van der Waals surface area contributed by atoms with Gasteiger partial charge in [-0.15, -0.1) is 0 Å². The lowest BCUT2D eigenvalue weighted by Crippen LogP contribution is -1.93. The minimum absolute atomic E-state index is 0.845. The van der Waals surface area contributed by atoms with Crippen LogP contribution < -0.4 is 0 Å². The Morgan fingerprint density at radius 2 is 2.38 bits per heavy atom. The van der Waals surface area contributed by atoms with E-state index < -0.39 is 0 Å². The van der Waals surface area contributed by atoms with E-state index in [0.29, 0.717) is 0 Å². The molecule has 0 saturated heterocycles. The summed E-state index contributed by atoms with van der Waals surface area (Å²) in [5.41, 5.74) is 1.87. The summed E-state index contributed by atoms with van der Waals surface area (Å²) in [6.07, 6.45) is 9.22. The smallest absolute Gasteiger partial charge is 0.0829 e. The highest BCUT2D eigenvalue weighted by Gasteiger charge is 1.97. The summed E-state index contributed by atoms with van der Waals surface area (Å²) in [7, 11) is 0. The topological polar surface area (TPSA) is 30.7 Å². The van der Waals surface area contributed by atoms with Crippen LogP contribution >= 0.6 is 11.8 Å². The Kier molecular flexibility index (Phi) is 3.62. The Labute approximate surface area is 98.9 Å². The van der Waals surface area contributed by atoms with Crippen molar-refractivity contribution in [2.24, 2.45) is 0 Å². The molecule has 0 spiro atoms. The van der Waals surface area contributed by atoms with Crippen molar-refractivity contribution in [1.82, 2.24) is 14.8 Å². The maximum absolute atomic E-state index is 4.23. The average Bonchev–Trinajstić information content (AvgIpc) is 2.79. The zero-order valence-corrected chi connectivity index (χ0v) is 9.74. The van der Waals surface area contributed by atoms with Gasteiger partial charge in [0.15, 0.2) is 0 Å². The normalized spacial score (nSPS) is 9.56. The van der Waals surface area contributed by atoms with Gasteiger partial charge in [0, 0.05) is 12.4 Å². The first-order chi connectivity index (χ1) is 7.90. The van der Waals surface area contributed by atoms with Crippen molar-refractivity contribution in [3.8, 4) is 17.5 Å². The minimum atomic E-state index is 0.845. The molecule has 2 aromatic heterocycles. The van der Waals surface area contributed by atoms with Gasteiger partial charge in [-0.2, -0.15) is 16.9 Å². The fourth-order valence-corrected chi connectivity index (χ4v) is 1.44. The van der Waals surface area contributed by atoms with Gasteiger partial charge in [-0.05, 0) is 18.4 Å². The Hall–Kier alpha value is -1.73. The molecule has 3 nitrogen and oxygen atoms in total. The van der Waals surface area contributed by atoms with E-state index in [2.05, 4.69) is 21.9 Å². The van der Waals surface area contributed by atoms with Gasteiger partial charge >= 0.3 is 0 Å². The van der Waals surface area contributed by atoms with Gasteiger partial charge in [-0.1, -0.05) is 11.8 Å². The molecule has 0 radical (unpaired) electrons. The lowest BCUT2D eigenvalue weighted by molar-refractivity contribution is 0.874. The minimum Gasteiger partial charge on any atom is -0.262 e. The van der Waals surface area contributed by atoms with Gasteiger partial charge in [0.1, 0.15) is 0 Å². The molecular formula is C12H11N3S. The van der Waals surface area contributed by atoms with E-state index >= 15 is 0 Å². The summed E-state index contributed by atoms with van der Waals surface area (Å²) in [4.78, 5) is 4.05. The number of thioether (sulfide) groups is 1. The number of aromatic nitrogens is 3. The van der Waals surface area contributed by atoms with Crippen molar-refractivity contribution in [2.45, 2.75) is 0 Å². The largest absolute Gasteiger partial charge is 0.262 e. The molecule has 0 amide bonds. The van der Waals surface area contributed by atoms with E-state index in [1.165, 1.54) is 0 Å². The number of pyridine rings is 1. The maximum atomic E-state index is 4.23. The number of rotatable bonds is 2. The SMILES string of the molecule is CSCC#Cc1cnn(-c2cccnc2)c1. The van der Waals surface area contributed by atoms with Gasteiger partial charge in [-0.25, -0.2) is 4.68 Å². The molecule has 0 aliphatic heterocycles. The monoisotopic (exact) mass is 229 g/mol. The Balaban J connectivity index is 2.18. The van der Waals surface area contributed by atoms with Crippen molar-refractivity contribution >= 4 is 11.8 Å². The zero-order valence-electron chi connectivity index (χ0n) is 8.92. The van der Waals surface area contributed by atoms with Crippen LogP contribution in [0.5, 0.6) is 0 Å². The molecule has 2 rings (SSSR count). The molecule has 0 fully saturated rings. The second-order valence-corrected chi connectivity index (χ2v) is 3.99. The first-order valence-electron chi connectivity index (χ1n) is 4.83. The predicted octanol–water partition coefficient (Wildman–Crippen LogP) is 1.98. The van der Waals surface area contributed by atoms with Crippen LogP contribution in [0.25, 0.3) is 5.69 Å². The van der Waals surface area contributed by atoms with Crippen molar-refractivity contribution < 1.29 is 0 Å². The van der Waals surface area contributed by atoms with Crippen molar-refractivity contribution in [1.29, 1.82) is 0 Å². The molecule has 2 heterocycles. The molecule has 0 bridgehead atoms. The summed E-state index contributed by atoms with van der Waals surface area (Å²) < 4.78 is 1.77. The maximum Gasteiger partial charge on any atom is 0.0829 e. The fourth-order valence-electron chi connectivity index (χ4n) is 1.23. The summed E-state index contributed by atoms with van der Waals surface area (Å²) in [6, 6.07) is 3.84. The average molecular weight is 229 g/mol. The lowest BCUT2D eigenvalue weighted by Gasteiger charge is -1.97. The van der Waals surface area contributed by atoms with Gasteiger partial charge < -0.3 is 0 Å². The number of hydrogen-bond donors (Lipinski definition) is 0. The van der Waals surface area contributed by atoms with Crippen LogP contribution in [0.2, 0.25) is 0 Å². The lowest BCUT2D eigenvalue weighted by atomic mass is 10.3. The van der Waals surface area contributed by atoms with Crippen LogP contribution in [0.15, 0.2) is 36.9 Å². The van der Waals surface area contributed by atoms with Crippen LogP contribution in [0.4, 0.5) is 0 Å². The van der Waals surface area contributed by atoms with E-state index in [1.807, 2.05) is 24.6 Å². The second-order valence-electron chi connectivity index (χ2n) is 3.12. The van der Waals surface area contributed by atoms with Crippen LogP contribution in [0.1, 0.15) is 5.56 Å². The third kappa shape index (κ3) is 2.65. The van der Waals surface area contributed by atoms with Gasteiger partial charge in [0.2, 0.25) is 0 Å². The van der Waals surface area contributed by atoms with Gasteiger partial charge in [0.05, 0.1) is 29.4 Å². The zero-order chi connectivity index (χ0) is 11.2. The van der Waals surface area contributed by atoms with Crippen LogP contribution in [-0.2, 0) is 0 Å². The van der Waals surface area contributed by atoms with Gasteiger partial charge in [-0.3, -0.25) is 4.98 Å². The third-order valence-corrected chi connectivity index (χ3v) is 2.38. The second kappa shape index (κ2) is 5.38. The molecule has 0 aliphatic carbocycles. The van der Waals surface area contributed by atoms with Crippen molar-refractivity contribution in [3.05, 3.63) is 42.5 Å².